The Balaban J connectivity index is 3.07. The predicted molar refractivity (Wildman–Crippen MR) is 79.9 cm³/mol. The van der Waals surface area contributed by atoms with E-state index in [9.17, 15) is 19.5 Å². The Labute approximate surface area is 134 Å². The van der Waals surface area contributed by atoms with Crippen molar-refractivity contribution in [1.29, 1.82) is 0 Å². The van der Waals surface area contributed by atoms with E-state index in [1.165, 1.54) is 7.11 Å². The van der Waals surface area contributed by atoms with Crippen LogP contribution in [0.3, 0.4) is 0 Å². The summed E-state index contributed by atoms with van der Waals surface area (Å²) in [5.41, 5.74) is 0.613. The van der Waals surface area contributed by atoms with Crippen molar-refractivity contribution in [2.24, 2.45) is 5.92 Å². The van der Waals surface area contributed by atoms with Gasteiger partial charge in [-0.05, 0) is 17.7 Å². The van der Waals surface area contributed by atoms with E-state index >= 15 is 0 Å². The van der Waals surface area contributed by atoms with Crippen molar-refractivity contribution >= 4 is 17.7 Å². The Morgan fingerprint density at radius 2 is 1.48 bits per heavy atom. The highest BCUT2D eigenvalue weighted by Gasteiger charge is 2.41. The molecule has 1 rings (SSSR count). The standard InChI is InChI=1S/C16H20O7/c1-9(10-5-7-11(21-2)8-6-10)13(17)12(15(19)22-3)14(18)16(20)23-4/h5-9,12,14,18H,1-4H3/t9-,12?,14?/m1/s1. The third kappa shape index (κ3) is 4.29. The van der Waals surface area contributed by atoms with Crippen molar-refractivity contribution in [2.75, 3.05) is 21.3 Å². The minimum absolute atomic E-state index is 0.613. The Morgan fingerprint density at radius 1 is 0.957 bits per heavy atom. The zero-order valence-corrected chi connectivity index (χ0v) is 13.4. The third-order valence-corrected chi connectivity index (χ3v) is 3.56. The molecule has 0 saturated carbocycles. The van der Waals surface area contributed by atoms with Crippen LogP contribution in [0.25, 0.3) is 0 Å². The van der Waals surface area contributed by atoms with Gasteiger partial charge in [-0.15, -0.1) is 0 Å². The molecule has 0 spiro atoms. The van der Waals surface area contributed by atoms with Gasteiger partial charge in [0.05, 0.1) is 21.3 Å². The molecule has 3 atom stereocenters. The number of carbonyl (C=O) groups is 3. The van der Waals surface area contributed by atoms with Gasteiger partial charge >= 0.3 is 11.9 Å². The quantitative estimate of drug-likeness (QED) is 0.582. The topological polar surface area (TPSA) is 99.1 Å². The van der Waals surface area contributed by atoms with Gasteiger partial charge < -0.3 is 19.3 Å². The van der Waals surface area contributed by atoms with Crippen LogP contribution < -0.4 is 4.74 Å². The summed E-state index contributed by atoms with van der Waals surface area (Å²) in [4.78, 5) is 35.9. The van der Waals surface area contributed by atoms with Gasteiger partial charge in [0.25, 0.3) is 0 Å². The number of aliphatic hydroxyl groups is 1. The van der Waals surface area contributed by atoms with Gasteiger partial charge in [-0.25, -0.2) is 4.79 Å². The van der Waals surface area contributed by atoms with Crippen LogP contribution in [0.15, 0.2) is 24.3 Å². The lowest BCUT2D eigenvalue weighted by molar-refractivity contribution is -0.166. The highest BCUT2D eigenvalue weighted by Crippen LogP contribution is 2.25. The Morgan fingerprint density at radius 3 is 1.91 bits per heavy atom. The van der Waals surface area contributed by atoms with E-state index in [0.29, 0.717) is 11.3 Å². The first-order chi connectivity index (χ1) is 10.9. The molecule has 23 heavy (non-hydrogen) atoms. The molecular formula is C16H20O7. The monoisotopic (exact) mass is 324 g/mol. The van der Waals surface area contributed by atoms with E-state index in [1.807, 2.05) is 0 Å². The van der Waals surface area contributed by atoms with E-state index < -0.39 is 35.7 Å². The molecule has 0 fully saturated rings. The number of aliphatic hydroxyl groups excluding tert-OH is 1. The Bertz CT molecular complexity index is 564. The fraction of sp³-hybridized carbons (Fsp3) is 0.438. The molecule has 126 valence electrons. The van der Waals surface area contributed by atoms with Crippen molar-refractivity contribution in [3.8, 4) is 5.75 Å². The molecule has 2 unspecified atom stereocenters. The second-order valence-corrected chi connectivity index (χ2v) is 4.87. The van der Waals surface area contributed by atoms with Gasteiger partial charge in [0.2, 0.25) is 0 Å². The van der Waals surface area contributed by atoms with Gasteiger partial charge in [-0.1, -0.05) is 19.1 Å². The molecule has 0 aliphatic carbocycles. The second-order valence-electron chi connectivity index (χ2n) is 4.87. The first-order valence-corrected chi connectivity index (χ1v) is 6.88. The SMILES string of the molecule is COC(=O)C(O)C(C(=O)OC)C(=O)[C@H](C)c1ccc(OC)cc1. The summed E-state index contributed by atoms with van der Waals surface area (Å²) >= 11 is 0. The number of ether oxygens (including phenoxy) is 3. The number of hydrogen-bond donors (Lipinski definition) is 1. The summed E-state index contributed by atoms with van der Waals surface area (Å²) < 4.78 is 13.9. The zero-order valence-electron chi connectivity index (χ0n) is 13.4. The van der Waals surface area contributed by atoms with Gasteiger partial charge in [-0.2, -0.15) is 0 Å². The molecule has 0 aromatic heterocycles. The van der Waals surface area contributed by atoms with E-state index in [4.69, 9.17) is 4.74 Å². The molecular weight excluding hydrogens is 304 g/mol. The first kappa shape index (κ1) is 18.6. The second kappa shape index (κ2) is 8.28. The number of ketones is 1. The number of esters is 2. The number of Topliss-reactive ketones (excluding diaryl/α,β-unsaturated/α-hetero) is 1. The Hall–Kier alpha value is -2.41. The number of hydrogen-bond acceptors (Lipinski definition) is 7. The van der Waals surface area contributed by atoms with Crippen molar-refractivity contribution in [2.45, 2.75) is 18.9 Å². The molecule has 0 aliphatic rings. The summed E-state index contributed by atoms with van der Waals surface area (Å²) in [6.07, 6.45) is -1.92. The molecule has 0 bridgehead atoms. The van der Waals surface area contributed by atoms with Gasteiger partial charge in [0.1, 0.15) is 5.75 Å². The van der Waals surface area contributed by atoms with Gasteiger partial charge in [-0.3, -0.25) is 9.59 Å². The number of rotatable bonds is 7. The summed E-state index contributed by atoms with van der Waals surface area (Å²) in [6.45, 7) is 1.57. The van der Waals surface area contributed by atoms with E-state index in [1.54, 1.807) is 31.2 Å². The molecule has 0 aliphatic heterocycles. The molecule has 1 N–H and O–H groups in total. The fourth-order valence-electron chi connectivity index (χ4n) is 2.11. The minimum atomic E-state index is -1.92. The van der Waals surface area contributed by atoms with Crippen molar-refractivity contribution in [3.63, 3.8) is 0 Å². The van der Waals surface area contributed by atoms with Crippen LogP contribution in [0.1, 0.15) is 18.4 Å². The van der Waals surface area contributed by atoms with Crippen molar-refractivity contribution in [3.05, 3.63) is 29.8 Å². The van der Waals surface area contributed by atoms with Crippen LogP contribution in [0.5, 0.6) is 5.75 Å². The Kier molecular flexibility index (Phi) is 6.71. The minimum Gasteiger partial charge on any atom is -0.497 e. The summed E-state index contributed by atoms with van der Waals surface area (Å²) in [6, 6.07) is 6.67. The lowest BCUT2D eigenvalue weighted by atomic mass is 9.85. The maximum atomic E-state index is 12.6. The van der Waals surface area contributed by atoms with Crippen LogP contribution in [-0.4, -0.2) is 50.3 Å². The molecule has 0 radical (unpaired) electrons. The van der Waals surface area contributed by atoms with E-state index in [0.717, 1.165) is 14.2 Å². The van der Waals surface area contributed by atoms with Crippen molar-refractivity contribution in [1.82, 2.24) is 0 Å². The maximum absolute atomic E-state index is 12.6. The molecule has 7 heteroatoms. The molecule has 1 aromatic rings. The lowest BCUT2D eigenvalue weighted by Crippen LogP contribution is -2.43. The number of benzene rings is 1. The van der Waals surface area contributed by atoms with E-state index in [-0.39, 0.29) is 0 Å². The van der Waals surface area contributed by atoms with Crippen LogP contribution in [-0.2, 0) is 23.9 Å². The number of carbonyl (C=O) groups excluding carboxylic acids is 3. The lowest BCUT2D eigenvalue weighted by Gasteiger charge is -2.21. The third-order valence-electron chi connectivity index (χ3n) is 3.56. The molecule has 0 saturated heterocycles. The highest BCUT2D eigenvalue weighted by atomic mass is 16.5. The summed E-state index contributed by atoms with van der Waals surface area (Å²) in [5.74, 6) is -4.47. The molecule has 7 nitrogen and oxygen atoms in total. The average Bonchev–Trinajstić information content (AvgIpc) is 2.59. The first-order valence-electron chi connectivity index (χ1n) is 6.88. The van der Waals surface area contributed by atoms with Crippen LogP contribution in [0.2, 0.25) is 0 Å². The normalized spacial score (nSPS) is 14.3. The largest absolute Gasteiger partial charge is 0.497 e. The summed E-state index contributed by atoms with van der Waals surface area (Å²) in [7, 11) is 3.64. The fourth-order valence-corrected chi connectivity index (χ4v) is 2.11. The van der Waals surface area contributed by atoms with Crippen LogP contribution >= 0.6 is 0 Å². The molecule has 0 heterocycles. The van der Waals surface area contributed by atoms with Crippen LogP contribution in [0, 0.1) is 5.92 Å². The van der Waals surface area contributed by atoms with Crippen LogP contribution in [0.4, 0.5) is 0 Å². The van der Waals surface area contributed by atoms with E-state index in [2.05, 4.69) is 9.47 Å². The van der Waals surface area contributed by atoms with Gasteiger partial charge in [0, 0.05) is 5.92 Å². The molecule has 0 amide bonds. The number of methoxy groups -OCH3 is 3. The average molecular weight is 324 g/mol. The highest BCUT2D eigenvalue weighted by molar-refractivity contribution is 6.05. The summed E-state index contributed by atoms with van der Waals surface area (Å²) in [5, 5.41) is 9.91. The smallest absolute Gasteiger partial charge is 0.336 e. The van der Waals surface area contributed by atoms with Gasteiger partial charge in [0.15, 0.2) is 17.8 Å². The molecule has 1 aromatic carbocycles. The van der Waals surface area contributed by atoms with Crippen molar-refractivity contribution < 1.29 is 33.7 Å². The predicted octanol–water partition coefficient (Wildman–Crippen LogP) is 0.691. The zero-order chi connectivity index (χ0) is 17.6. The maximum Gasteiger partial charge on any atom is 0.336 e.